The number of alkyl carbamates (subject to hydrolysis) is 1. The van der Waals surface area contributed by atoms with E-state index in [1.165, 1.54) is 0 Å². The Labute approximate surface area is 301 Å². The highest BCUT2D eigenvalue weighted by Gasteiger charge is 2.38. The number of hydrogen-bond acceptors (Lipinski definition) is 5. The SMILES string of the molecule is O=C(NCCCC[C@@H](C(=O)NCc1ccccc1)N1Cc2[nH]c3ccccc3c2C[C@@H](NC(=O)c2ccc(Cl)cc2)C1=O)OCc1ccccc1. The number of benzene rings is 4. The van der Waals surface area contributed by atoms with Gasteiger partial charge in [0.25, 0.3) is 5.91 Å². The molecule has 0 aliphatic carbocycles. The molecule has 0 unspecified atom stereocenters. The van der Waals surface area contributed by atoms with E-state index in [0.717, 1.165) is 33.3 Å². The third-order valence-corrected chi connectivity index (χ3v) is 9.26. The monoisotopic (exact) mass is 705 g/mol. The van der Waals surface area contributed by atoms with Gasteiger partial charge in [-0.3, -0.25) is 14.4 Å². The topological polar surface area (TPSA) is 133 Å². The fourth-order valence-corrected chi connectivity index (χ4v) is 6.47. The lowest BCUT2D eigenvalue weighted by Crippen LogP contribution is -2.55. The zero-order chi connectivity index (χ0) is 35.6. The van der Waals surface area contributed by atoms with Gasteiger partial charge in [0.15, 0.2) is 0 Å². The van der Waals surface area contributed by atoms with Gasteiger partial charge in [-0.1, -0.05) is 90.5 Å². The number of nitrogens with one attached hydrogen (secondary N) is 4. The van der Waals surface area contributed by atoms with Crippen molar-refractivity contribution in [3.05, 3.63) is 142 Å². The molecule has 4 aromatic carbocycles. The number of para-hydroxylation sites is 1. The summed E-state index contributed by atoms with van der Waals surface area (Å²) < 4.78 is 5.32. The lowest BCUT2D eigenvalue weighted by Gasteiger charge is -2.32. The molecule has 0 saturated heterocycles. The Hall–Kier alpha value is -5.61. The summed E-state index contributed by atoms with van der Waals surface area (Å²) in [6.07, 6.45) is 1.15. The molecule has 11 heteroatoms. The molecular weight excluding hydrogens is 666 g/mol. The molecule has 4 amide bonds. The van der Waals surface area contributed by atoms with Crippen molar-refractivity contribution in [2.75, 3.05) is 6.54 Å². The molecule has 4 N–H and O–H groups in total. The van der Waals surface area contributed by atoms with Gasteiger partial charge < -0.3 is 30.6 Å². The van der Waals surface area contributed by atoms with Gasteiger partial charge in [0.05, 0.1) is 6.54 Å². The van der Waals surface area contributed by atoms with Gasteiger partial charge in [0.1, 0.15) is 18.7 Å². The number of amides is 4. The Morgan fingerprint density at radius 3 is 2.27 bits per heavy atom. The number of hydrogen-bond donors (Lipinski definition) is 4. The molecule has 2 atom stereocenters. The Morgan fingerprint density at radius 2 is 1.53 bits per heavy atom. The van der Waals surface area contributed by atoms with Gasteiger partial charge in [-0.15, -0.1) is 0 Å². The van der Waals surface area contributed by atoms with Crippen molar-refractivity contribution in [2.24, 2.45) is 0 Å². The summed E-state index contributed by atoms with van der Waals surface area (Å²) in [4.78, 5) is 59.3. The summed E-state index contributed by atoms with van der Waals surface area (Å²) in [5, 5.41) is 10.2. The van der Waals surface area contributed by atoms with Crippen LogP contribution in [-0.4, -0.2) is 52.3 Å². The number of unbranched alkanes of at least 4 members (excludes halogenated alkanes) is 1. The van der Waals surface area contributed by atoms with Crippen molar-refractivity contribution in [1.82, 2.24) is 25.8 Å². The number of ether oxygens (including phenoxy) is 1. The first-order chi connectivity index (χ1) is 24.9. The zero-order valence-electron chi connectivity index (χ0n) is 28.1. The number of rotatable bonds is 13. The zero-order valence-corrected chi connectivity index (χ0v) is 28.8. The van der Waals surface area contributed by atoms with Crippen LogP contribution in [0, 0.1) is 0 Å². The molecule has 2 heterocycles. The molecule has 5 aromatic rings. The second kappa shape index (κ2) is 16.9. The number of halogens is 1. The predicted octanol–water partition coefficient (Wildman–Crippen LogP) is 6.29. The van der Waals surface area contributed by atoms with E-state index in [9.17, 15) is 19.2 Å². The molecule has 1 aliphatic rings. The number of aromatic amines is 1. The lowest BCUT2D eigenvalue weighted by molar-refractivity contribution is -0.142. The van der Waals surface area contributed by atoms with E-state index >= 15 is 0 Å². The van der Waals surface area contributed by atoms with Crippen LogP contribution in [0.5, 0.6) is 0 Å². The molecule has 0 fully saturated rings. The van der Waals surface area contributed by atoms with Crippen LogP contribution in [0.4, 0.5) is 4.79 Å². The molecule has 0 radical (unpaired) electrons. The van der Waals surface area contributed by atoms with Crippen molar-refractivity contribution in [3.8, 4) is 0 Å². The highest BCUT2D eigenvalue weighted by Crippen LogP contribution is 2.30. The molecule has 0 bridgehead atoms. The molecule has 0 saturated carbocycles. The van der Waals surface area contributed by atoms with Crippen LogP contribution in [0.1, 0.15) is 52.0 Å². The molecular formula is C40H40ClN5O5. The van der Waals surface area contributed by atoms with E-state index < -0.39 is 24.1 Å². The quantitative estimate of drug-likeness (QED) is 0.107. The number of carbonyl (C=O) groups is 4. The Kier molecular flexibility index (Phi) is 11.6. The van der Waals surface area contributed by atoms with Crippen LogP contribution in [0.2, 0.25) is 5.02 Å². The van der Waals surface area contributed by atoms with Crippen molar-refractivity contribution >= 4 is 46.3 Å². The molecule has 0 spiro atoms. The average Bonchev–Trinajstić information content (AvgIpc) is 3.44. The second-order valence-electron chi connectivity index (χ2n) is 12.5. The van der Waals surface area contributed by atoms with Crippen molar-refractivity contribution in [2.45, 2.75) is 57.5 Å². The van der Waals surface area contributed by atoms with Crippen LogP contribution in [-0.2, 0) is 40.4 Å². The van der Waals surface area contributed by atoms with E-state index in [-0.39, 0.29) is 31.4 Å². The number of carbonyl (C=O) groups excluding carboxylic acids is 4. The molecule has 6 rings (SSSR count). The number of nitrogens with zero attached hydrogens (tertiary/aromatic N) is 1. The summed E-state index contributed by atoms with van der Waals surface area (Å²) in [6.45, 7) is 0.954. The molecule has 1 aliphatic heterocycles. The first kappa shape index (κ1) is 35.2. The van der Waals surface area contributed by atoms with Crippen LogP contribution >= 0.6 is 11.6 Å². The standard InChI is InChI=1S/C40H40ClN5O5/c41-30-20-18-29(19-21-30)37(47)45-34-23-32-31-15-7-8-16-33(31)44-35(32)25-46(39(34)49)36(38(48)43-24-27-11-3-1-4-12-27)17-9-10-22-42-40(50)51-26-28-13-5-2-6-14-28/h1-8,11-16,18-21,34,36,44H,9-10,17,22-26H2,(H,42,50)(H,43,48)(H,45,47)/t34-,36+/m1/s1. The smallest absolute Gasteiger partial charge is 0.407 e. The van der Waals surface area contributed by atoms with Crippen LogP contribution in [0.3, 0.4) is 0 Å². The Morgan fingerprint density at radius 1 is 0.843 bits per heavy atom. The highest BCUT2D eigenvalue weighted by molar-refractivity contribution is 6.30. The summed E-state index contributed by atoms with van der Waals surface area (Å²) in [6, 6.07) is 31.5. The lowest BCUT2D eigenvalue weighted by atomic mass is 10.0. The number of aromatic nitrogens is 1. The third-order valence-electron chi connectivity index (χ3n) is 9.01. The number of fused-ring (bicyclic) bond motifs is 3. The summed E-state index contributed by atoms with van der Waals surface area (Å²) in [7, 11) is 0. The minimum atomic E-state index is -0.931. The van der Waals surface area contributed by atoms with Crippen LogP contribution < -0.4 is 16.0 Å². The first-order valence-corrected chi connectivity index (χ1v) is 17.4. The van der Waals surface area contributed by atoms with Gasteiger partial charge in [-0.05, 0) is 66.3 Å². The van der Waals surface area contributed by atoms with E-state index in [1.54, 1.807) is 29.2 Å². The Balaban J connectivity index is 1.20. The first-order valence-electron chi connectivity index (χ1n) is 17.1. The van der Waals surface area contributed by atoms with Crippen molar-refractivity contribution in [1.29, 1.82) is 0 Å². The van der Waals surface area contributed by atoms with Gasteiger partial charge in [-0.25, -0.2) is 4.79 Å². The fourth-order valence-electron chi connectivity index (χ4n) is 6.34. The van der Waals surface area contributed by atoms with Crippen molar-refractivity contribution < 1.29 is 23.9 Å². The van der Waals surface area contributed by atoms with Crippen LogP contribution in [0.25, 0.3) is 10.9 Å². The Bertz CT molecular complexity index is 1970. The molecule has 262 valence electrons. The maximum Gasteiger partial charge on any atom is 0.407 e. The van der Waals surface area contributed by atoms with E-state index in [4.69, 9.17) is 16.3 Å². The maximum atomic E-state index is 14.5. The van der Waals surface area contributed by atoms with E-state index in [2.05, 4.69) is 20.9 Å². The largest absolute Gasteiger partial charge is 0.445 e. The van der Waals surface area contributed by atoms with Crippen LogP contribution in [0.15, 0.2) is 109 Å². The minimum absolute atomic E-state index is 0.156. The third kappa shape index (κ3) is 9.15. The average molecular weight is 706 g/mol. The van der Waals surface area contributed by atoms with Gasteiger partial charge in [-0.2, -0.15) is 0 Å². The van der Waals surface area contributed by atoms with E-state index in [1.807, 2.05) is 84.9 Å². The van der Waals surface area contributed by atoms with Gasteiger partial charge in [0, 0.05) is 46.7 Å². The van der Waals surface area contributed by atoms with E-state index in [0.29, 0.717) is 42.9 Å². The summed E-state index contributed by atoms with van der Waals surface area (Å²) >= 11 is 6.05. The second-order valence-corrected chi connectivity index (χ2v) is 13.0. The number of H-pyrrole nitrogens is 1. The molecule has 10 nitrogen and oxygen atoms in total. The summed E-state index contributed by atoms with van der Waals surface area (Å²) in [5.41, 5.74) is 4.83. The summed E-state index contributed by atoms with van der Waals surface area (Å²) in [5.74, 6) is -1.07. The van der Waals surface area contributed by atoms with Gasteiger partial charge in [0.2, 0.25) is 11.8 Å². The molecule has 1 aromatic heterocycles. The minimum Gasteiger partial charge on any atom is -0.445 e. The molecule has 51 heavy (non-hydrogen) atoms. The fraction of sp³-hybridized carbons (Fsp3) is 0.250. The highest BCUT2D eigenvalue weighted by atomic mass is 35.5. The predicted molar refractivity (Wildman–Crippen MR) is 196 cm³/mol. The normalized spacial score (nSPS) is 14.6. The van der Waals surface area contributed by atoms with Crippen molar-refractivity contribution in [3.63, 3.8) is 0 Å². The van der Waals surface area contributed by atoms with Gasteiger partial charge >= 0.3 is 6.09 Å². The maximum absolute atomic E-state index is 14.5.